The Hall–Kier alpha value is 0. The van der Waals surface area contributed by atoms with Gasteiger partial charge < -0.3 is 0 Å². The fourth-order valence-electron chi connectivity index (χ4n) is 8.82. The fourth-order valence-corrected chi connectivity index (χ4v) is 8.82. The van der Waals surface area contributed by atoms with Gasteiger partial charge in [-0.15, -0.1) is 0 Å². The van der Waals surface area contributed by atoms with Crippen LogP contribution in [0.4, 0.5) is 0 Å². The van der Waals surface area contributed by atoms with Crippen molar-refractivity contribution >= 4 is 0 Å². The van der Waals surface area contributed by atoms with Crippen molar-refractivity contribution in [1.82, 2.24) is 0 Å². The first-order valence-electron chi connectivity index (χ1n) is 12.4. The lowest BCUT2D eigenvalue weighted by Crippen LogP contribution is -2.52. The quantitative estimate of drug-likeness (QED) is 0.434. The molecule has 0 aromatic heterocycles. The number of hydrogen-bond acceptors (Lipinski definition) is 0. The molecule has 0 N–H and O–H groups in total. The zero-order chi connectivity index (χ0) is 18.4. The monoisotopic (exact) mass is 358 g/mol. The average molecular weight is 359 g/mol. The van der Waals surface area contributed by atoms with Crippen molar-refractivity contribution in [2.75, 3.05) is 0 Å². The molecule has 26 heavy (non-hydrogen) atoms. The molecule has 0 radical (unpaired) electrons. The third-order valence-corrected chi connectivity index (χ3v) is 10.4. The third-order valence-electron chi connectivity index (χ3n) is 10.4. The van der Waals surface area contributed by atoms with E-state index < -0.39 is 0 Å². The second kappa shape index (κ2) is 7.44. The van der Waals surface area contributed by atoms with Gasteiger partial charge in [-0.05, 0) is 104 Å². The summed E-state index contributed by atoms with van der Waals surface area (Å²) in [5.74, 6) is 6.28. The largest absolute Gasteiger partial charge is 0.0628 e. The molecule has 0 aromatic carbocycles. The molecule has 0 spiro atoms. The van der Waals surface area contributed by atoms with Crippen LogP contribution in [0.5, 0.6) is 0 Å². The second-order valence-corrected chi connectivity index (χ2v) is 11.9. The molecule has 4 aliphatic carbocycles. The van der Waals surface area contributed by atoms with Crippen LogP contribution < -0.4 is 0 Å². The van der Waals surface area contributed by atoms with Gasteiger partial charge in [0, 0.05) is 0 Å². The summed E-state index contributed by atoms with van der Waals surface area (Å²) in [6.07, 6.45) is 21.6. The molecule has 0 saturated heterocycles. The zero-order valence-corrected chi connectivity index (χ0v) is 18.4. The Balaban J connectivity index is 1.43. The summed E-state index contributed by atoms with van der Waals surface area (Å²) >= 11 is 0. The molecular formula is C26H46. The summed E-state index contributed by atoms with van der Waals surface area (Å²) in [7, 11) is 0. The molecule has 0 bridgehead atoms. The van der Waals surface area contributed by atoms with Gasteiger partial charge in [0.15, 0.2) is 0 Å². The Kier molecular flexibility index (Phi) is 5.53. The van der Waals surface area contributed by atoms with E-state index in [-0.39, 0.29) is 0 Å². The maximum absolute atomic E-state index is 2.74. The van der Waals surface area contributed by atoms with Gasteiger partial charge in [-0.2, -0.15) is 0 Å². The summed E-state index contributed by atoms with van der Waals surface area (Å²) in [5, 5.41) is 0. The van der Waals surface area contributed by atoms with Gasteiger partial charge in [-0.3, -0.25) is 0 Å². The lowest BCUT2D eigenvalue weighted by atomic mass is 9.45. The number of hydrogen-bond donors (Lipinski definition) is 0. The zero-order valence-electron chi connectivity index (χ0n) is 18.4. The average Bonchev–Trinajstić information content (AvgIpc) is 2.94. The predicted octanol–water partition coefficient (Wildman–Crippen LogP) is 8.25. The molecular weight excluding hydrogens is 312 g/mol. The molecule has 0 aliphatic heterocycles. The Bertz CT molecular complexity index is 478. The van der Waals surface area contributed by atoms with E-state index in [0.29, 0.717) is 5.41 Å². The number of rotatable bonds is 5. The van der Waals surface area contributed by atoms with Crippen LogP contribution in [0.2, 0.25) is 0 Å². The van der Waals surface area contributed by atoms with Gasteiger partial charge in [0.05, 0.1) is 0 Å². The molecule has 0 heteroatoms. The van der Waals surface area contributed by atoms with Crippen molar-refractivity contribution in [2.45, 2.75) is 118 Å². The van der Waals surface area contributed by atoms with E-state index in [1.54, 1.807) is 51.4 Å². The minimum absolute atomic E-state index is 0.705. The second-order valence-electron chi connectivity index (χ2n) is 11.9. The van der Waals surface area contributed by atoms with Gasteiger partial charge in [-0.1, -0.05) is 59.8 Å². The fraction of sp³-hybridized carbons (Fsp3) is 1.00. The first kappa shape index (κ1) is 19.3. The maximum Gasteiger partial charge on any atom is -0.0266 e. The van der Waals surface area contributed by atoms with Crippen molar-refractivity contribution < 1.29 is 0 Å². The summed E-state index contributed by atoms with van der Waals surface area (Å²) in [6, 6.07) is 0. The van der Waals surface area contributed by atoms with Crippen LogP contribution in [0.1, 0.15) is 118 Å². The van der Waals surface area contributed by atoms with E-state index in [0.717, 1.165) is 40.9 Å². The Morgan fingerprint density at radius 2 is 1.58 bits per heavy atom. The van der Waals surface area contributed by atoms with E-state index >= 15 is 0 Å². The lowest BCUT2D eigenvalue weighted by molar-refractivity contribution is -0.111. The lowest BCUT2D eigenvalue weighted by Gasteiger charge is -2.60. The topological polar surface area (TPSA) is 0 Å². The SMILES string of the molecule is CC(C)CCCC[C@H]1CC[C@H]2[C@@H]3CC[C@H]4CCCC[C@]4(C)[C@H]3CC[C@]12C. The molecule has 7 atom stereocenters. The summed E-state index contributed by atoms with van der Waals surface area (Å²) in [5.41, 5.74) is 1.43. The van der Waals surface area contributed by atoms with Gasteiger partial charge >= 0.3 is 0 Å². The minimum atomic E-state index is 0.705. The van der Waals surface area contributed by atoms with Gasteiger partial charge in [-0.25, -0.2) is 0 Å². The molecule has 4 aliphatic rings. The highest BCUT2D eigenvalue weighted by atomic mass is 14.6. The Morgan fingerprint density at radius 3 is 2.38 bits per heavy atom. The number of fused-ring (bicyclic) bond motifs is 5. The predicted molar refractivity (Wildman–Crippen MR) is 113 cm³/mol. The minimum Gasteiger partial charge on any atom is -0.0628 e. The highest BCUT2D eigenvalue weighted by Gasteiger charge is 2.59. The standard InChI is InChI=1S/C26H46/c1-19(2)9-5-6-10-21-13-15-23-22-14-12-20-11-7-8-17-25(20,3)24(22)16-18-26(21,23)4/h19-24H,5-18H2,1-4H3/t20-,21+,22+,23+,24+,25+,26-/m1/s1. The van der Waals surface area contributed by atoms with Crippen LogP contribution >= 0.6 is 0 Å². The van der Waals surface area contributed by atoms with Crippen molar-refractivity contribution in [3.8, 4) is 0 Å². The molecule has 0 amide bonds. The van der Waals surface area contributed by atoms with Crippen molar-refractivity contribution in [3.63, 3.8) is 0 Å². The van der Waals surface area contributed by atoms with Crippen molar-refractivity contribution in [3.05, 3.63) is 0 Å². The van der Waals surface area contributed by atoms with Crippen LogP contribution in [0.15, 0.2) is 0 Å². The molecule has 0 aromatic rings. The van der Waals surface area contributed by atoms with Crippen molar-refractivity contribution in [1.29, 1.82) is 0 Å². The summed E-state index contributed by atoms with van der Waals surface area (Å²) in [4.78, 5) is 0. The molecule has 0 unspecified atom stereocenters. The van der Waals surface area contributed by atoms with Crippen LogP contribution in [-0.4, -0.2) is 0 Å². The van der Waals surface area contributed by atoms with Gasteiger partial charge in [0.1, 0.15) is 0 Å². The maximum atomic E-state index is 2.74. The Labute approximate surface area is 164 Å². The molecule has 0 heterocycles. The molecule has 150 valence electrons. The first-order chi connectivity index (χ1) is 12.4. The van der Waals surface area contributed by atoms with E-state index in [1.807, 2.05) is 0 Å². The highest BCUT2D eigenvalue weighted by molar-refractivity contribution is 5.08. The molecule has 4 rings (SSSR count). The van der Waals surface area contributed by atoms with Crippen LogP contribution in [0.3, 0.4) is 0 Å². The van der Waals surface area contributed by atoms with Gasteiger partial charge in [0.25, 0.3) is 0 Å². The highest BCUT2D eigenvalue weighted by Crippen LogP contribution is 2.67. The summed E-state index contributed by atoms with van der Waals surface area (Å²) < 4.78 is 0. The normalized spacial score (nSPS) is 48.1. The molecule has 0 nitrogen and oxygen atoms in total. The van der Waals surface area contributed by atoms with E-state index in [9.17, 15) is 0 Å². The van der Waals surface area contributed by atoms with E-state index in [2.05, 4.69) is 27.7 Å². The third kappa shape index (κ3) is 3.20. The van der Waals surface area contributed by atoms with E-state index in [4.69, 9.17) is 0 Å². The molecule has 4 fully saturated rings. The van der Waals surface area contributed by atoms with E-state index in [1.165, 1.54) is 38.5 Å². The van der Waals surface area contributed by atoms with Crippen LogP contribution in [-0.2, 0) is 0 Å². The van der Waals surface area contributed by atoms with Crippen LogP contribution in [0, 0.1) is 46.3 Å². The summed E-state index contributed by atoms with van der Waals surface area (Å²) in [6.45, 7) is 10.2. The van der Waals surface area contributed by atoms with Crippen LogP contribution in [0.25, 0.3) is 0 Å². The smallest absolute Gasteiger partial charge is 0.0266 e. The van der Waals surface area contributed by atoms with Gasteiger partial charge in [0.2, 0.25) is 0 Å². The van der Waals surface area contributed by atoms with Crippen molar-refractivity contribution in [2.24, 2.45) is 46.3 Å². The molecule has 4 saturated carbocycles. The number of unbranched alkanes of at least 4 members (excludes halogenated alkanes) is 1. The first-order valence-corrected chi connectivity index (χ1v) is 12.4. The Morgan fingerprint density at radius 1 is 0.769 bits per heavy atom.